The van der Waals surface area contributed by atoms with Crippen molar-refractivity contribution >= 4 is 28.9 Å². The molecular weight excluding hydrogens is 365 g/mol. The van der Waals surface area contributed by atoms with E-state index in [0.29, 0.717) is 17.0 Å². The molecule has 0 fully saturated rings. The normalized spacial score (nSPS) is 19.0. The van der Waals surface area contributed by atoms with Gasteiger partial charge in [-0.15, -0.1) is 0 Å². The number of fused-ring (bicyclic) bond motifs is 1. The molecule has 134 valence electrons. The number of imidazole rings is 1. The van der Waals surface area contributed by atoms with Crippen LogP contribution in [-0.4, -0.2) is 15.6 Å². The maximum absolute atomic E-state index is 6.43. The van der Waals surface area contributed by atoms with E-state index in [4.69, 9.17) is 23.2 Å². The minimum atomic E-state index is 0.405. The van der Waals surface area contributed by atoms with Crippen molar-refractivity contribution in [3.05, 3.63) is 82.4 Å². The standard InChI is InChI=1S/C21H21Cl2N3/c1-15-18(8-10-25-11-9-24-14-25)19-4-2-3-5-21(19)26(15)13-16-6-7-17(22)12-20(16)23/h2-7,9,11-12,14-15,18H,8,10,13H2,1H3. The largest absolute Gasteiger partial charge is 0.364 e. The Morgan fingerprint density at radius 2 is 1.96 bits per heavy atom. The van der Waals surface area contributed by atoms with Crippen molar-refractivity contribution in [2.45, 2.75) is 38.4 Å². The molecule has 1 aromatic heterocycles. The van der Waals surface area contributed by atoms with Crippen LogP contribution in [0.3, 0.4) is 0 Å². The molecule has 0 spiro atoms. The van der Waals surface area contributed by atoms with Crippen LogP contribution >= 0.6 is 23.2 Å². The summed E-state index contributed by atoms with van der Waals surface area (Å²) in [5.41, 5.74) is 3.83. The zero-order chi connectivity index (χ0) is 18.1. The van der Waals surface area contributed by atoms with Gasteiger partial charge in [0.2, 0.25) is 0 Å². The minimum Gasteiger partial charge on any atom is -0.364 e. The Labute approximate surface area is 164 Å². The number of rotatable bonds is 5. The van der Waals surface area contributed by atoms with Crippen molar-refractivity contribution in [2.75, 3.05) is 4.90 Å². The maximum Gasteiger partial charge on any atom is 0.0945 e. The molecule has 5 heteroatoms. The van der Waals surface area contributed by atoms with E-state index in [-0.39, 0.29) is 0 Å². The average molecular weight is 386 g/mol. The Bertz CT molecular complexity index is 892. The number of benzene rings is 2. The van der Waals surface area contributed by atoms with Crippen molar-refractivity contribution in [1.29, 1.82) is 0 Å². The summed E-state index contributed by atoms with van der Waals surface area (Å²) >= 11 is 12.5. The first-order chi connectivity index (χ1) is 12.6. The SMILES string of the molecule is CC1C(CCn2ccnc2)c2ccccc2N1Cc1ccc(Cl)cc1Cl. The van der Waals surface area contributed by atoms with Crippen LogP contribution in [-0.2, 0) is 13.1 Å². The van der Waals surface area contributed by atoms with Gasteiger partial charge in [0, 0.05) is 53.2 Å². The van der Waals surface area contributed by atoms with E-state index in [1.54, 1.807) is 0 Å². The third-order valence-electron chi connectivity index (χ3n) is 5.33. The Morgan fingerprint density at radius 3 is 2.73 bits per heavy atom. The summed E-state index contributed by atoms with van der Waals surface area (Å²) < 4.78 is 2.15. The number of aryl methyl sites for hydroxylation is 1. The predicted molar refractivity (Wildman–Crippen MR) is 108 cm³/mol. The first-order valence-electron chi connectivity index (χ1n) is 8.88. The van der Waals surface area contributed by atoms with Gasteiger partial charge >= 0.3 is 0 Å². The quantitative estimate of drug-likeness (QED) is 0.555. The van der Waals surface area contributed by atoms with E-state index in [0.717, 1.165) is 30.1 Å². The van der Waals surface area contributed by atoms with Gasteiger partial charge in [-0.1, -0.05) is 47.5 Å². The predicted octanol–water partition coefficient (Wildman–Crippen LogP) is 5.77. The number of halogens is 2. The second-order valence-electron chi connectivity index (χ2n) is 6.86. The van der Waals surface area contributed by atoms with Crippen molar-refractivity contribution in [1.82, 2.24) is 9.55 Å². The highest BCUT2D eigenvalue weighted by Gasteiger charge is 2.35. The highest BCUT2D eigenvalue weighted by Crippen LogP contribution is 2.44. The zero-order valence-electron chi connectivity index (χ0n) is 14.6. The van der Waals surface area contributed by atoms with Gasteiger partial charge in [-0.3, -0.25) is 0 Å². The fourth-order valence-electron chi connectivity index (χ4n) is 3.93. The molecule has 2 atom stereocenters. The summed E-state index contributed by atoms with van der Waals surface area (Å²) in [7, 11) is 0. The van der Waals surface area contributed by atoms with Gasteiger partial charge in [-0.05, 0) is 42.7 Å². The summed E-state index contributed by atoms with van der Waals surface area (Å²) in [6.45, 7) is 4.07. The van der Waals surface area contributed by atoms with E-state index in [1.807, 2.05) is 36.9 Å². The van der Waals surface area contributed by atoms with Crippen LogP contribution in [0.15, 0.2) is 61.2 Å². The van der Waals surface area contributed by atoms with Crippen LogP contribution in [0.25, 0.3) is 0 Å². The second-order valence-corrected chi connectivity index (χ2v) is 7.70. The van der Waals surface area contributed by atoms with Crippen LogP contribution in [0.1, 0.15) is 30.4 Å². The van der Waals surface area contributed by atoms with Crippen molar-refractivity contribution in [3.63, 3.8) is 0 Å². The Balaban J connectivity index is 1.59. The Morgan fingerprint density at radius 1 is 1.12 bits per heavy atom. The van der Waals surface area contributed by atoms with E-state index in [2.05, 4.69) is 45.6 Å². The lowest BCUT2D eigenvalue weighted by atomic mass is 9.92. The molecule has 26 heavy (non-hydrogen) atoms. The number of hydrogen-bond donors (Lipinski definition) is 0. The number of para-hydroxylation sites is 1. The van der Waals surface area contributed by atoms with Crippen LogP contribution in [0, 0.1) is 0 Å². The van der Waals surface area contributed by atoms with Crippen LogP contribution < -0.4 is 4.90 Å². The highest BCUT2D eigenvalue weighted by molar-refractivity contribution is 6.35. The zero-order valence-corrected chi connectivity index (χ0v) is 16.2. The summed E-state index contributed by atoms with van der Waals surface area (Å²) in [5.74, 6) is 0.486. The first kappa shape index (κ1) is 17.4. The first-order valence-corrected chi connectivity index (χ1v) is 9.64. The molecule has 0 saturated carbocycles. The van der Waals surface area contributed by atoms with Gasteiger partial charge in [0.1, 0.15) is 0 Å². The van der Waals surface area contributed by atoms with Gasteiger partial charge in [0.15, 0.2) is 0 Å². The summed E-state index contributed by atoms with van der Waals surface area (Å²) in [6.07, 6.45) is 6.83. The number of hydrogen-bond acceptors (Lipinski definition) is 2. The number of nitrogens with zero attached hydrogens (tertiary/aromatic N) is 3. The Kier molecular flexibility index (Phi) is 4.92. The van der Waals surface area contributed by atoms with Crippen molar-refractivity contribution in [3.8, 4) is 0 Å². The molecule has 2 heterocycles. The summed E-state index contributed by atoms with van der Waals surface area (Å²) in [4.78, 5) is 6.61. The summed E-state index contributed by atoms with van der Waals surface area (Å²) in [6, 6.07) is 14.9. The van der Waals surface area contributed by atoms with Gasteiger partial charge in [0.05, 0.1) is 6.33 Å². The monoisotopic (exact) mass is 385 g/mol. The Hall–Kier alpha value is -1.97. The van der Waals surface area contributed by atoms with E-state index >= 15 is 0 Å². The van der Waals surface area contributed by atoms with Gasteiger partial charge in [-0.2, -0.15) is 0 Å². The average Bonchev–Trinajstić information content (AvgIpc) is 3.23. The molecule has 0 saturated heterocycles. The van der Waals surface area contributed by atoms with Gasteiger partial charge in [-0.25, -0.2) is 4.98 Å². The third kappa shape index (κ3) is 3.34. The maximum atomic E-state index is 6.43. The van der Waals surface area contributed by atoms with Gasteiger partial charge in [0.25, 0.3) is 0 Å². The molecule has 3 aromatic rings. The lowest BCUT2D eigenvalue weighted by molar-refractivity contribution is 0.487. The van der Waals surface area contributed by atoms with Crippen LogP contribution in [0.5, 0.6) is 0 Å². The molecule has 0 radical (unpaired) electrons. The molecule has 4 rings (SSSR count). The lowest BCUT2D eigenvalue weighted by Gasteiger charge is -2.28. The number of aromatic nitrogens is 2. The topological polar surface area (TPSA) is 21.1 Å². The van der Waals surface area contributed by atoms with E-state index < -0.39 is 0 Å². The molecule has 0 N–H and O–H groups in total. The summed E-state index contributed by atoms with van der Waals surface area (Å²) in [5, 5.41) is 1.40. The highest BCUT2D eigenvalue weighted by atomic mass is 35.5. The fourth-order valence-corrected chi connectivity index (χ4v) is 4.39. The van der Waals surface area contributed by atoms with Crippen LogP contribution in [0.4, 0.5) is 5.69 Å². The molecule has 0 amide bonds. The number of anilines is 1. The molecule has 0 bridgehead atoms. The molecule has 2 aromatic carbocycles. The molecule has 1 aliphatic heterocycles. The van der Waals surface area contributed by atoms with E-state index in [1.165, 1.54) is 11.3 Å². The molecular formula is C21H21Cl2N3. The minimum absolute atomic E-state index is 0.405. The van der Waals surface area contributed by atoms with Crippen LogP contribution in [0.2, 0.25) is 10.0 Å². The molecule has 2 unspecified atom stereocenters. The molecule has 0 aliphatic carbocycles. The van der Waals surface area contributed by atoms with Crippen molar-refractivity contribution < 1.29 is 0 Å². The van der Waals surface area contributed by atoms with Gasteiger partial charge < -0.3 is 9.47 Å². The smallest absolute Gasteiger partial charge is 0.0945 e. The fraction of sp³-hybridized carbons (Fsp3) is 0.286. The third-order valence-corrected chi connectivity index (χ3v) is 5.92. The molecule has 3 nitrogen and oxygen atoms in total. The molecule has 1 aliphatic rings. The van der Waals surface area contributed by atoms with Crippen molar-refractivity contribution in [2.24, 2.45) is 0 Å². The van der Waals surface area contributed by atoms with E-state index in [9.17, 15) is 0 Å². The second kappa shape index (κ2) is 7.34. The lowest BCUT2D eigenvalue weighted by Crippen LogP contribution is -2.31.